The largest absolute Gasteiger partial charge is 0.346 e. The molecule has 5 nitrogen and oxygen atoms in total. The van der Waals surface area contributed by atoms with Crippen LogP contribution in [0.25, 0.3) is 39.5 Å². The van der Waals surface area contributed by atoms with Crippen molar-refractivity contribution in [2.45, 2.75) is 0 Å². The van der Waals surface area contributed by atoms with E-state index in [4.69, 9.17) is 16.6 Å². The van der Waals surface area contributed by atoms with Gasteiger partial charge in [-0.05, 0) is 30.3 Å². The van der Waals surface area contributed by atoms with Crippen molar-refractivity contribution in [3.8, 4) is 33.9 Å². The summed E-state index contributed by atoms with van der Waals surface area (Å²) in [6.45, 7) is 0. The van der Waals surface area contributed by atoms with Crippen molar-refractivity contribution < 1.29 is 0 Å². The Morgan fingerprint density at radius 2 is 1.59 bits per heavy atom. The van der Waals surface area contributed by atoms with E-state index in [-0.39, 0.29) is 0 Å². The molecule has 0 spiro atoms. The van der Waals surface area contributed by atoms with Gasteiger partial charge in [0.05, 0.1) is 22.8 Å². The zero-order chi connectivity index (χ0) is 19.8. The summed E-state index contributed by atoms with van der Waals surface area (Å²) in [7, 11) is 0. The number of hydrogen-bond donors (Lipinski definition) is 1. The van der Waals surface area contributed by atoms with E-state index in [9.17, 15) is 4.79 Å². The van der Waals surface area contributed by atoms with Gasteiger partial charge in [0.2, 0.25) is 0 Å². The maximum absolute atomic E-state index is 12.4. The van der Waals surface area contributed by atoms with Crippen molar-refractivity contribution in [3.05, 3.63) is 101 Å². The van der Waals surface area contributed by atoms with Crippen molar-refractivity contribution in [3.63, 3.8) is 0 Å². The number of aromatic nitrogens is 4. The Hall–Kier alpha value is -3.70. The molecule has 0 saturated heterocycles. The van der Waals surface area contributed by atoms with Crippen LogP contribution in [0.15, 0.2) is 89.9 Å². The van der Waals surface area contributed by atoms with Gasteiger partial charge in [0.1, 0.15) is 5.65 Å². The van der Waals surface area contributed by atoms with Gasteiger partial charge in [-0.1, -0.05) is 60.1 Å². The minimum absolute atomic E-state index is 0.408. The molecule has 0 atom stereocenters. The second-order valence-corrected chi connectivity index (χ2v) is 7.03. The fourth-order valence-electron chi connectivity index (χ4n) is 3.40. The van der Waals surface area contributed by atoms with Gasteiger partial charge in [0.15, 0.2) is 0 Å². The summed E-state index contributed by atoms with van der Waals surface area (Å²) in [5.74, 6) is 0. The molecular weight excluding hydrogens is 384 g/mol. The maximum Gasteiger partial charge on any atom is 0.346 e. The van der Waals surface area contributed by atoms with Crippen LogP contribution >= 0.6 is 11.6 Å². The molecule has 140 valence electrons. The third-order valence-corrected chi connectivity index (χ3v) is 4.97. The number of nitrogens with one attached hydrogen (secondary N) is 1. The number of pyridine rings is 1. The van der Waals surface area contributed by atoms with Gasteiger partial charge >= 0.3 is 5.69 Å². The fraction of sp³-hybridized carbons (Fsp3) is 0. The summed E-state index contributed by atoms with van der Waals surface area (Å²) in [6.07, 6.45) is 1.93. The molecule has 0 radical (unpaired) electrons. The summed E-state index contributed by atoms with van der Waals surface area (Å²) >= 11 is 6.06. The van der Waals surface area contributed by atoms with Crippen LogP contribution in [0.4, 0.5) is 0 Å². The fourth-order valence-corrected chi connectivity index (χ4v) is 3.53. The molecule has 0 bridgehead atoms. The molecule has 1 N–H and O–H groups in total. The smallest absolute Gasteiger partial charge is 0.304 e. The molecule has 6 heteroatoms. The normalized spacial score (nSPS) is 11.1. The molecule has 0 saturated carbocycles. The van der Waals surface area contributed by atoms with E-state index >= 15 is 0 Å². The highest BCUT2D eigenvalue weighted by molar-refractivity contribution is 6.30. The molecule has 0 unspecified atom stereocenters. The van der Waals surface area contributed by atoms with Gasteiger partial charge in [-0.15, -0.1) is 0 Å². The van der Waals surface area contributed by atoms with Crippen LogP contribution in [0.1, 0.15) is 0 Å². The first kappa shape index (κ1) is 17.4. The highest BCUT2D eigenvalue weighted by atomic mass is 35.5. The standard InChI is InChI=1S/C23H15ClN4O/c24-17-11-9-16(10-12-17)21-22(28-13-5-4-8-20(28)27-21)19-14-18(25-23(29)26-19)15-6-2-1-3-7-15/h1-14H,(H,25,26,29). The molecule has 3 heterocycles. The van der Waals surface area contributed by atoms with E-state index < -0.39 is 5.69 Å². The maximum atomic E-state index is 12.4. The average molecular weight is 399 g/mol. The molecule has 2 aromatic carbocycles. The third kappa shape index (κ3) is 3.22. The topological polar surface area (TPSA) is 63.1 Å². The lowest BCUT2D eigenvalue weighted by Crippen LogP contribution is -2.12. The molecule has 3 aromatic heterocycles. The van der Waals surface area contributed by atoms with Gasteiger partial charge in [-0.25, -0.2) is 9.78 Å². The van der Waals surface area contributed by atoms with Crippen LogP contribution in [0, 0.1) is 0 Å². The predicted octanol–water partition coefficient (Wildman–Crippen LogP) is 5.07. The van der Waals surface area contributed by atoms with Gasteiger partial charge in [-0.3, -0.25) is 4.40 Å². The van der Waals surface area contributed by atoms with Crippen molar-refractivity contribution in [1.82, 2.24) is 19.4 Å². The Bertz CT molecular complexity index is 1370. The minimum atomic E-state index is -0.408. The summed E-state index contributed by atoms with van der Waals surface area (Å²) in [4.78, 5) is 24.2. The first-order chi connectivity index (χ1) is 14.2. The SMILES string of the molecule is O=c1nc(-c2ccccc2)cc(-c2c(-c3ccc(Cl)cc3)nc3ccccn23)[nH]1. The van der Waals surface area contributed by atoms with Gasteiger partial charge in [0.25, 0.3) is 0 Å². The second-order valence-electron chi connectivity index (χ2n) is 6.60. The highest BCUT2D eigenvalue weighted by Crippen LogP contribution is 2.33. The summed E-state index contributed by atoms with van der Waals surface area (Å²) in [5, 5.41) is 0.655. The molecule has 0 fully saturated rings. The zero-order valence-electron chi connectivity index (χ0n) is 15.2. The van der Waals surface area contributed by atoms with Gasteiger partial charge < -0.3 is 4.98 Å². The monoisotopic (exact) mass is 398 g/mol. The number of nitrogens with zero attached hydrogens (tertiary/aromatic N) is 3. The van der Waals surface area contributed by atoms with Crippen LogP contribution in [0.2, 0.25) is 5.02 Å². The number of halogens is 1. The summed E-state index contributed by atoms with van der Waals surface area (Å²) in [6, 6.07) is 24.8. The zero-order valence-corrected chi connectivity index (χ0v) is 16.0. The molecule has 0 amide bonds. The molecule has 0 aliphatic heterocycles. The average Bonchev–Trinajstić information content (AvgIpc) is 3.14. The number of imidazole rings is 1. The first-order valence-electron chi connectivity index (χ1n) is 9.09. The van der Waals surface area contributed by atoms with Crippen LogP contribution in [-0.4, -0.2) is 19.4 Å². The Labute approximate surface area is 171 Å². The molecular formula is C23H15ClN4O. The number of hydrogen-bond acceptors (Lipinski definition) is 3. The van der Waals surface area contributed by atoms with E-state index in [0.29, 0.717) is 16.4 Å². The molecule has 0 aliphatic carbocycles. The summed E-state index contributed by atoms with van der Waals surface area (Å²) < 4.78 is 1.96. The van der Waals surface area contributed by atoms with Crippen LogP contribution in [-0.2, 0) is 0 Å². The number of rotatable bonds is 3. The van der Waals surface area contributed by atoms with Gasteiger partial charge in [-0.2, -0.15) is 4.98 Å². The Morgan fingerprint density at radius 3 is 2.38 bits per heavy atom. The predicted molar refractivity (Wildman–Crippen MR) is 115 cm³/mol. The first-order valence-corrected chi connectivity index (χ1v) is 9.47. The van der Waals surface area contributed by atoms with E-state index in [1.807, 2.05) is 89.5 Å². The van der Waals surface area contributed by atoms with Crippen molar-refractivity contribution in [2.24, 2.45) is 0 Å². The lowest BCUT2D eigenvalue weighted by molar-refractivity contribution is 1.07. The van der Waals surface area contributed by atoms with Gasteiger partial charge in [0, 0.05) is 22.3 Å². The quantitative estimate of drug-likeness (QED) is 0.461. The lowest BCUT2D eigenvalue weighted by Gasteiger charge is -2.08. The van der Waals surface area contributed by atoms with E-state index in [2.05, 4.69) is 9.97 Å². The minimum Gasteiger partial charge on any atom is -0.304 e. The lowest BCUT2D eigenvalue weighted by atomic mass is 10.1. The Morgan fingerprint density at radius 1 is 0.828 bits per heavy atom. The van der Waals surface area contributed by atoms with Crippen LogP contribution < -0.4 is 5.69 Å². The van der Waals surface area contributed by atoms with E-state index in [0.717, 1.165) is 28.2 Å². The number of H-pyrrole nitrogens is 1. The second kappa shape index (κ2) is 7.04. The summed E-state index contributed by atoms with van der Waals surface area (Å²) in [5.41, 5.74) is 4.97. The van der Waals surface area contributed by atoms with E-state index in [1.165, 1.54) is 0 Å². The molecule has 29 heavy (non-hydrogen) atoms. The Balaban J connectivity index is 1.79. The number of aromatic amines is 1. The third-order valence-electron chi connectivity index (χ3n) is 4.72. The number of benzene rings is 2. The Kier molecular flexibility index (Phi) is 4.22. The van der Waals surface area contributed by atoms with Crippen LogP contribution in [0.5, 0.6) is 0 Å². The van der Waals surface area contributed by atoms with Crippen molar-refractivity contribution in [1.29, 1.82) is 0 Å². The van der Waals surface area contributed by atoms with Crippen molar-refractivity contribution >= 4 is 17.2 Å². The molecule has 5 aromatic rings. The van der Waals surface area contributed by atoms with Crippen LogP contribution in [0.3, 0.4) is 0 Å². The van der Waals surface area contributed by atoms with E-state index in [1.54, 1.807) is 0 Å². The molecule has 5 rings (SSSR count). The number of fused-ring (bicyclic) bond motifs is 1. The highest BCUT2D eigenvalue weighted by Gasteiger charge is 2.18. The van der Waals surface area contributed by atoms with Crippen molar-refractivity contribution in [2.75, 3.05) is 0 Å². The molecule has 0 aliphatic rings.